The van der Waals surface area contributed by atoms with Crippen molar-refractivity contribution in [3.05, 3.63) is 0 Å². The summed E-state index contributed by atoms with van der Waals surface area (Å²) in [4.78, 5) is 0. The van der Waals surface area contributed by atoms with Crippen LogP contribution >= 0.6 is 0 Å². The molecule has 0 radical (unpaired) electrons. The van der Waals surface area contributed by atoms with Crippen LogP contribution in [-0.2, 0) is 0 Å². The first-order valence-electron chi connectivity index (χ1n) is 14.0. The second-order valence-corrected chi connectivity index (χ2v) is 13.4. The average molecular weight is 433 g/mol. The molecule has 2 heteroatoms. The molecule has 0 amide bonds. The van der Waals surface area contributed by atoms with Gasteiger partial charge in [-0.25, -0.2) is 0 Å². The van der Waals surface area contributed by atoms with Gasteiger partial charge in [0.05, 0.1) is 12.2 Å². The minimum atomic E-state index is -0.198. The molecule has 11 atom stereocenters. The van der Waals surface area contributed by atoms with Crippen LogP contribution in [0.25, 0.3) is 0 Å². The van der Waals surface area contributed by atoms with Crippen molar-refractivity contribution in [3.63, 3.8) is 0 Å². The van der Waals surface area contributed by atoms with Gasteiger partial charge >= 0.3 is 0 Å². The highest BCUT2D eigenvalue weighted by Crippen LogP contribution is 2.68. The van der Waals surface area contributed by atoms with E-state index in [1.165, 1.54) is 44.9 Å². The number of hydrogen-bond donors (Lipinski definition) is 2. The summed E-state index contributed by atoms with van der Waals surface area (Å²) in [6, 6.07) is 0. The van der Waals surface area contributed by atoms with E-state index >= 15 is 0 Å². The summed E-state index contributed by atoms with van der Waals surface area (Å²) in [7, 11) is 0. The summed E-state index contributed by atoms with van der Waals surface area (Å²) in [6.45, 7) is 14.9. The maximum atomic E-state index is 11.2. The third-order valence-electron chi connectivity index (χ3n) is 11.9. The Bertz CT molecular complexity index is 616. The molecule has 0 spiro atoms. The average Bonchev–Trinajstić information content (AvgIpc) is 3.07. The largest absolute Gasteiger partial charge is 0.393 e. The lowest BCUT2D eigenvalue weighted by atomic mass is 9.43. The second-order valence-electron chi connectivity index (χ2n) is 13.4. The van der Waals surface area contributed by atoms with E-state index in [1.54, 1.807) is 0 Å². The van der Waals surface area contributed by atoms with Crippen LogP contribution in [0.15, 0.2) is 0 Å². The zero-order valence-electron chi connectivity index (χ0n) is 21.4. The fourth-order valence-electron chi connectivity index (χ4n) is 9.94. The fraction of sp³-hybridized carbons (Fsp3) is 1.00. The molecule has 31 heavy (non-hydrogen) atoms. The van der Waals surface area contributed by atoms with Crippen molar-refractivity contribution >= 4 is 0 Å². The molecule has 0 saturated heterocycles. The highest BCUT2D eigenvalue weighted by atomic mass is 16.3. The third-order valence-corrected chi connectivity index (χ3v) is 11.9. The molecule has 0 unspecified atom stereocenters. The lowest BCUT2D eigenvalue weighted by molar-refractivity contribution is -0.172. The first-order valence-corrected chi connectivity index (χ1v) is 14.0. The molecule has 0 aromatic carbocycles. The number of rotatable bonds is 6. The molecular weight excluding hydrogens is 380 g/mol. The molecule has 0 aliphatic heterocycles. The van der Waals surface area contributed by atoms with Gasteiger partial charge in [-0.3, -0.25) is 0 Å². The third kappa shape index (κ3) is 4.05. The molecule has 4 fully saturated rings. The van der Waals surface area contributed by atoms with Gasteiger partial charge < -0.3 is 10.2 Å². The van der Waals surface area contributed by atoms with Gasteiger partial charge in [0.15, 0.2) is 0 Å². The Morgan fingerprint density at radius 2 is 1.48 bits per heavy atom. The zero-order valence-corrected chi connectivity index (χ0v) is 21.4. The van der Waals surface area contributed by atoms with Gasteiger partial charge in [0.25, 0.3) is 0 Å². The van der Waals surface area contributed by atoms with Crippen molar-refractivity contribution in [1.82, 2.24) is 0 Å². The van der Waals surface area contributed by atoms with Crippen molar-refractivity contribution in [2.24, 2.45) is 58.2 Å². The molecule has 0 bridgehead atoms. The van der Waals surface area contributed by atoms with Gasteiger partial charge in [-0.2, -0.15) is 0 Å². The summed E-state index contributed by atoms with van der Waals surface area (Å²) in [5.41, 5.74) is 0.732. The Kier molecular flexibility index (Phi) is 6.93. The van der Waals surface area contributed by atoms with Crippen molar-refractivity contribution in [2.75, 3.05) is 0 Å². The van der Waals surface area contributed by atoms with Gasteiger partial charge in [0, 0.05) is 0 Å². The smallest absolute Gasteiger partial charge is 0.0577 e. The van der Waals surface area contributed by atoms with Crippen LogP contribution in [0.1, 0.15) is 112 Å². The lowest BCUT2D eigenvalue weighted by Crippen LogP contribution is -2.58. The summed E-state index contributed by atoms with van der Waals surface area (Å²) < 4.78 is 0. The van der Waals surface area contributed by atoms with E-state index in [0.717, 1.165) is 61.2 Å². The molecule has 2 N–H and O–H groups in total. The molecule has 4 saturated carbocycles. The van der Waals surface area contributed by atoms with E-state index in [1.807, 2.05) is 0 Å². The predicted molar refractivity (Wildman–Crippen MR) is 130 cm³/mol. The topological polar surface area (TPSA) is 40.5 Å². The maximum absolute atomic E-state index is 11.2. The highest BCUT2D eigenvalue weighted by Gasteiger charge is 2.62. The zero-order chi connectivity index (χ0) is 22.6. The quantitative estimate of drug-likeness (QED) is 0.471. The number of aliphatic hydroxyl groups is 2. The second kappa shape index (κ2) is 8.94. The van der Waals surface area contributed by atoms with Crippen molar-refractivity contribution < 1.29 is 10.2 Å². The first-order chi connectivity index (χ1) is 14.6. The maximum Gasteiger partial charge on any atom is 0.0577 e. The monoisotopic (exact) mass is 432 g/mol. The molecule has 180 valence electrons. The summed E-state index contributed by atoms with van der Waals surface area (Å²) in [5, 5.41) is 21.5. The Hall–Kier alpha value is -0.0800. The van der Waals surface area contributed by atoms with E-state index in [2.05, 4.69) is 41.5 Å². The highest BCUT2D eigenvalue weighted by molar-refractivity contribution is 5.11. The van der Waals surface area contributed by atoms with E-state index < -0.39 is 0 Å². The van der Waals surface area contributed by atoms with Gasteiger partial charge in [-0.1, -0.05) is 54.4 Å². The molecule has 0 heterocycles. The first kappa shape index (κ1) is 24.1. The van der Waals surface area contributed by atoms with Crippen molar-refractivity contribution in [3.8, 4) is 0 Å². The summed E-state index contributed by atoms with van der Waals surface area (Å²) in [5.74, 6) is 6.01. The van der Waals surface area contributed by atoms with Crippen molar-refractivity contribution in [1.29, 1.82) is 0 Å². The number of aliphatic hydroxyl groups excluding tert-OH is 2. The Morgan fingerprint density at radius 1 is 0.806 bits per heavy atom. The minimum absolute atomic E-state index is 0.187. The van der Waals surface area contributed by atoms with E-state index in [0.29, 0.717) is 17.3 Å². The van der Waals surface area contributed by atoms with Gasteiger partial charge in [0.2, 0.25) is 0 Å². The van der Waals surface area contributed by atoms with Crippen LogP contribution in [0.2, 0.25) is 0 Å². The van der Waals surface area contributed by atoms with E-state index in [4.69, 9.17) is 0 Å². The molecule has 2 nitrogen and oxygen atoms in total. The van der Waals surface area contributed by atoms with Crippen molar-refractivity contribution in [2.45, 2.75) is 124 Å². The Morgan fingerprint density at radius 3 is 2.16 bits per heavy atom. The van der Waals surface area contributed by atoms with E-state index in [9.17, 15) is 10.2 Å². The molecule has 0 aromatic heterocycles. The number of fused-ring (bicyclic) bond motifs is 5. The van der Waals surface area contributed by atoms with Crippen LogP contribution in [-0.4, -0.2) is 22.4 Å². The number of hydrogen-bond acceptors (Lipinski definition) is 2. The van der Waals surface area contributed by atoms with E-state index in [-0.39, 0.29) is 17.6 Å². The normalized spacial score (nSPS) is 49.3. The summed E-state index contributed by atoms with van der Waals surface area (Å²) in [6.07, 6.45) is 13.2. The minimum Gasteiger partial charge on any atom is -0.393 e. The summed E-state index contributed by atoms with van der Waals surface area (Å²) >= 11 is 0. The van der Waals surface area contributed by atoms with Crippen LogP contribution in [0, 0.1) is 58.2 Å². The van der Waals surface area contributed by atoms with Crippen LogP contribution in [0.4, 0.5) is 0 Å². The van der Waals surface area contributed by atoms with Gasteiger partial charge in [0.1, 0.15) is 0 Å². The van der Waals surface area contributed by atoms with Crippen LogP contribution < -0.4 is 0 Å². The molecule has 4 rings (SSSR count). The predicted octanol–water partition coefficient (Wildman–Crippen LogP) is 7.08. The molecule has 4 aliphatic carbocycles. The van der Waals surface area contributed by atoms with Gasteiger partial charge in [-0.15, -0.1) is 0 Å². The molecule has 4 aliphatic rings. The lowest BCUT2D eigenvalue weighted by Gasteiger charge is -2.62. The molecular formula is C29H52O2. The van der Waals surface area contributed by atoms with Crippen LogP contribution in [0.5, 0.6) is 0 Å². The Balaban J connectivity index is 1.48. The Labute approximate surface area is 193 Å². The standard InChI is InChI=1S/C29H52O2/c1-7-20(18(2)3)9-8-19(4)23-10-11-24-22-17-27(31)26-16-21(30)12-14-29(26,6)25(22)13-15-28(23,24)5/h18-27,30-31H,7-17H2,1-6H3/t19-,20-,21+,22+,23-,24-,25-,26-,27+,28-,29-/m1/s1. The fourth-order valence-corrected chi connectivity index (χ4v) is 9.94. The van der Waals surface area contributed by atoms with Crippen LogP contribution in [0.3, 0.4) is 0 Å². The SMILES string of the molecule is CC[C@H](CC[C@@H](C)[C@H]1CC[C@@H]2[C@@H]3C[C@H](O)[C@H]4C[C@@H](O)CC[C@]4(C)[C@@H]3CC[C@@]21C)C(C)C. The molecule has 0 aromatic rings. The van der Waals surface area contributed by atoms with Gasteiger partial charge in [-0.05, 0) is 116 Å².